The minimum Gasteiger partial charge on any atom is -0.490 e. The van der Waals surface area contributed by atoms with Crippen molar-refractivity contribution in [1.82, 2.24) is 5.32 Å². The van der Waals surface area contributed by atoms with Crippen LogP contribution in [0.4, 0.5) is 5.69 Å². The lowest BCUT2D eigenvalue weighted by Gasteiger charge is -2.25. The summed E-state index contributed by atoms with van der Waals surface area (Å²) in [4.78, 5) is 0. The van der Waals surface area contributed by atoms with Crippen LogP contribution in [0, 0.1) is 0 Å². The maximum atomic E-state index is 5.79. The molecule has 0 unspecified atom stereocenters. The molecule has 0 saturated heterocycles. The largest absolute Gasteiger partial charge is 0.490 e. The van der Waals surface area contributed by atoms with E-state index in [0.717, 1.165) is 51.3 Å². The third-order valence-corrected chi connectivity index (χ3v) is 3.74. The first-order chi connectivity index (χ1) is 8.40. The zero-order chi connectivity index (χ0) is 11.7. The van der Waals surface area contributed by atoms with Gasteiger partial charge in [-0.2, -0.15) is 0 Å². The van der Waals surface area contributed by atoms with E-state index < -0.39 is 0 Å². The number of hydrogen-bond donors (Lipinski definition) is 2. The highest BCUT2D eigenvalue weighted by Crippen LogP contribution is 2.37. The first-order valence-corrected chi connectivity index (χ1v) is 6.65. The van der Waals surface area contributed by atoms with Gasteiger partial charge in [0.1, 0.15) is 12.4 Å². The normalized spacial score (nSPS) is 18.4. The zero-order valence-corrected chi connectivity index (χ0v) is 10.4. The van der Waals surface area contributed by atoms with Crippen molar-refractivity contribution in [1.29, 1.82) is 0 Å². The number of rotatable bonds is 1. The molecule has 0 atom stereocenters. The van der Waals surface area contributed by atoms with Crippen LogP contribution in [-0.4, -0.2) is 26.2 Å². The summed E-state index contributed by atoms with van der Waals surface area (Å²) < 4.78 is 5.79. The van der Waals surface area contributed by atoms with Gasteiger partial charge in [0.2, 0.25) is 0 Å². The Hall–Kier alpha value is -1.22. The average Bonchev–Trinajstić information content (AvgIpc) is 2.60. The van der Waals surface area contributed by atoms with E-state index in [4.69, 9.17) is 4.74 Å². The van der Waals surface area contributed by atoms with Crippen LogP contribution in [0.15, 0.2) is 6.07 Å². The molecule has 0 bridgehead atoms. The summed E-state index contributed by atoms with van der Waals surface area (Å²) in [7, 11) is 0. The molecule has 0 aliphatic carbocycles. The van der Waals surface area contributed by atoms with Crippen LogP contribution in [0.5, 0.6) is 5.75 Å². The number of anilines is 1. The lowest BCUT2D eigenvalue weighted by Crippen LogP contribution is -2.20. The zero-order valence-electron chi connectivity index (χ0n) is 10.4. The molecule has 2 aliphatic rings. The summed E-state index contributed by atoms with van der Waals surface area (Å²) in [6.07, 6.45) is 3.36. The van der Waals surface area contributed by atoms with Gasteiger partial charge in [0.05, 0.1) is 5.69 Å². The second kappa shape index (κ2) is 4.57. The molecule has 0 radical (unpaired) electrons. The predicted octanol–water partition coefficient (Wildman–Crippen LogP) is 1.74. The second-order valence-corrected chi connectivity index (χ2v) is 4.74. The maximum absolute atomic E-state index is 5.79. The van der Waals surface area contributed by atoms with E-state index in [1.807, 2.05) is 0 Å². The van der Waals surface area contributed by atoms with E-state index in [-0.39, 0.29) is 0 Å². The van der Waals surface area contributed by atoms with Crippen molar-refractivity contribution in [3.8, 4) is 5.75 Å². The molecule has 0 saturated carbocycles. The van der Waals surface area contributed by atoms with Gasteiger partial charge in [-0.05, 0) is 55.1 Å². The molecule has 3 heteroatoms. The van der Waals surface area contributed by atoms with Crippen molar-refractivity contribution in [2.24, 2.45) is 0 Å². The summed E-state index contributed by atoms with van der Waals surface area (Å²) in [5.74, 6) is 1.06. The second-order valence-electron chi connectivity index (χ2n) is 4.74. The first-order valence-electron chi connectivity index (χ1n) is 6.65. The van der Waals surface area contributed by atoms with E-state index in [2.05, 4.69) is 23.6 Å². The molecule has 1 aromatic carbocycles. The minimum atomic E-state index is 0.785. The Kier molecular flexibility index (Phi) is 2.93. The van der Waals surface area contributed by atoms with E-state index >= 15 is 0 Å². The molecule has 1 aromatic rings. The van der Waals surface area contributed by atoms with Gasteiger partial charge in [-0.3, -0.25) is 0 Å². The molecule has 3 nitrogen and oxygen atoms in total. The Morgan fingerprint density at radius 3 is 3.00 bits per heavy atom. The van der Waals surface area contributed by atoms with Gasteiger partial charge in [-0.15, -0.1) is 0 Å². The third kappa shape index (κ3) is 1.89. The lowest BCUT2D eigenvalue weighted by molar-refractivity contribution is 0.322. The lowest BCUT2D eigenvalue weighted by atomic mass is 9.93. The van der Waals surface area contributed by atoms with Gasteiger partial charge in [0, 0.05) is 6.54 Å². The van der Waals surface area contributed by atoms with Crippen molar-refractivity contribution in [3.63, 3.8) is 0 Å². The molecule has 2 aliphatic heterocycles. The van der Waals surface area contributed by atoms with Gasteiger partial charge in [-0.1, -0.05) is 6.92 Å². The van der Waals surface area contributed by atoms with Gasteiger partial charge in [0.25, 0.3) is 0 Å². The highest BCUT2D eigenvalue weighted by molar-refractivity contribution is 5.68. The SMILES string of the molecule is CCc1c2c(cc3c1NCCO3)CCNCC2. The molecule has 2 N–H and O–H groups in total. The molecule has 2 heterocycles. The highest BCUT2D eigenvalue weighted by atomic mass is 16.5. The molecule has 0 amide bonds. The number of benzene rings is 1. The molecule has 0 spiro atoms. The predicted molar refractivity (Wildman–Crippen MR) is 70.1 cm³/mol. The van der Waals surface area contributed by atoms with Gasteiger partial charge < -0.3 is 15.4 Å². The Balaban J connectivity index is 2.14. The summed E-state index contributed by atoms with van der Waals surface area (Å²) in [5.41, 5.74) is 5.75. The fourth-order valence-electron chi connectivity index (χ4n) is 2.94. The minimum absolute atomic E-state index is 0.785. The van der Waals surface area contributed by atoms with Crippen LogP contribution in [0.3, 0.4) is 0 Å². The number of hydrogen-bond acceptors (Lipinski definition) is 3. The van der Waals surface area contributed by atoms with Gasteiger partial charge >= 0.3 is 0 Å². The standard InChI is InChI=1S/C14H20N2O/c1-2-11-12-4-6-15-5-3-10(12)9-13-14(11)16-7-8-17-13/h9,15-16H,2-8H2,1H3. The van der Waals surface area contributed by atoms with Crippen LogP contribution in [0.1, 0.15) is 23.6 Å². The van der Waals surface area contributed by atoms with E-state index in [0.29, 0.717) is 0 Å². The summed E-state index contributed by atoms with van der Waals surface area (Å²) in [6.45, 7) is 6.14. The van der Waals surface area contributed by atoms with E-state index in [1.54, 1.807) is 5.56 Å². The van der Waals surface area contributed by atoms with Crippen LogP contribution in [-0.2, 0) is 19.3 Å². The Bertz CT molecular complexity index is 429. The fourth-order valence-corrected chi connectivity index (χ4v) is 2.94. The van der Waals surface area contributed by atoms with E-state index in [1.165, 1.54) is 16.8 Å². The fraction of sp³-hybridized carbons (Fsp3) is 0.571. The molecular formula is C14H20N2O. The van der Waals surface area contributed by atoms with Crippen LogP contribution in [0.25, 0.3) is 0 Å². The van der Waals surface area contributed by atoms with Crippen molar-refractivity contribution in [2.75, 3.05) is 31.6 Å². The van der Waals surface area contributed by atoms with Gasteiger partial charge in [0.15, 0.2) is 0 Å². The molecule has 3 rings (SSSR count). The maximum Gasteiger partial charge on any atom is 0.143 e. The molecular weight excluding hydrogens is 212 g/mol. The van der Waals surface area contributed by atoms with E-state index in [9.17, 15) is 0 Å². The van der Waals surface area contributed by atoms with Crippen molar-refractivity contribution < 1.29 is 4.74 Å². The van der Waals surface area contributed by atoms with Crippen molar-refractivity contribution >= 4 is 5.69 Å². The topological polar surface area (TPSA) is 33.3 Å². The van der Waals surface area contributed by atoms with Crippen LogP contribution >= 0.6 is 0 Å². The first kappa shape index (κ1) is 10.9. The number of fused-ring (bicyclic) bond motifs is 2. The summed E-state index contributed by atoms with van der Waals surface area (Å²) >= 11 is 0. The Morgan fingerprint density at radius 2 is 2.12 bits per heavy atom. The monoisotopic (exact) mass is 232 g/mol. The van der Waals surface area contributed by atoms with Crippen molar-refractivity contribution in [2.45, 2.75) is 26.2 Å². The molecule has 0 aromatic heterocycles. The molecule has 17 heavy (non-hydrogen) atoms. The quantitative estimate of drug-likeness (QED) is 0.774. The highest BCUT2D eigenvalue weighted by Gasteiger charge is 2.20. The summed E-state index contributed by atoms with van der Waals surface area (Å²) in [6, 6.07) is 2.25. The van der Waals surface area contributed by atoms with Crippen molar-refractivity contribution in [3.05, 3.63) is 22.8 Å². The number of nitrogens with one attached hydrogen (secondary N) is 2. The Morgan fingerprint density at radius 1 is 1.24 bits per heavy atom. The van der Waals surface area contributed by atoms with Crippen LogP contribution < -0.4 is 15.4 Å². The molecule has 0 fully saturated rings. The Labute approximate surface area is 103 Å². The molecule has 92 valence electrons. The smallest absolute Gasteiger partial charge is 0.143 e. The van der Waals surface area contributed by atoms with Gasteiger partial charge in [-0.25, -0.2) is 0 Å². The summed E-state index contributed by atoms with van der Waals surface area (Å²) in [5, 5.41) is 6.98. The van der Waals surface area contributed by atoms with Crippen LogP contribution in [0.2, 0.25) is 0 Å². The average molecular weight is 232 g/mol. The number of ether oxygens (including phenoxy) is 1. The third-order valence-electron chi connectivity index (χ3n) is 3.74.